The van der Waals surface area contributed by atoms with Gasteiger partial charge in [-0.2, -0.15) is 0 Å². The van der Waals surface area contributed by atoms with E-state index in [2.05, 4.69) is 10.6 Å². The number of nitrogens with zero attached hydrogens (tertiary/aromatic N) is 1. The molecule has 1 saturated heterocycles. The Morgan fingerprint density at radius 2 is 1.79 bits per heavy atom. The number of hydrogen-bond acceptors (Lipinski definition) is 6. The summed E-state index contributed by atoms with van der Waals surface area (Å²) >= 11 is 0. The predicted molar refractivity (Wildman–Crippen MR) is 125 cm³/mol. The molecule has 3 rings (SSSR count). The minimum absolute atomic E-state index is 0.0125. The molecule has 0 radical (unpaired) electrons. The van der Waals surface area contributed by atoms with Gasteiger partial charge in [-0.05, 0) is 56.7 Å². The summed E-state index contributed by atoms with van der Waals surface area (Å²) in [5.41, 5.74) is 1.66. The molecule has 0 aromatic heterocycles. The van der Waals surface area contributed by atoms with Crippen molar-refractivity contribution in [1.82, 2.24) is 10.2 Å². The number of rotatable bonds is 8. The zero-order chi connectivity index (χ0) is 24.7. The summed E-state index contributed by atoms with van der Waals surface area (Å²) in [6.07, 6.45) is -0.604. The van der Waals surface area contributed by atoms with Crippen LogP contribution < -0.4 is 15.4 Å². The van der Waals surface area contributed by atoms with Crippen LogP contribution in [0, 0.1) is 5.92 Å². The van der Waals surface area contributed by atoms with Crippen molar-refractivity contribution in [2.75, 3.05) is 18.5 Å². The maximum Gasteiger partial charge on any atom is 0.513 e. The first kappa shape index (κ1) is 24.8. The van der Waals surface area contributed by atoms with Crippen LogP contribution in [-0.4, -0.2) is 48.0 Å². The monoisotopic (exact) mass is 467 g/mol. The molecule has 1 unspecified atom stereocenters. The number of carbonyl (C=O) groups is 4. The van der Waals surface area contributed by atoms with Crippen LogP contribution in [0.25, 0.3) is 0 Å². The number of likely N-dealkylation sites (tertiary alicyclic amines) is 1. The quantitative estimate of drug-likeness (QED) is 0.455. The van der Waals surface area contributed by atoms with E-state index >= 15 is 0 Å². The van der Waals surface area contributed by atoms with E-state index in [1.54, 1.807) is 24.0 Å². The second-order valence-electron chi connectivity index (χ2n) is 8.18. The molecular weight excluding hydrogens is 438 g/mol. The van der Waals surface area contributed by atoms with Crippen molar-refractivity contribution >= 4 is 29.6 Å². The Kier molecular flexibility index (Phi) is 8.24. The van der Waals surface area contributed by atoms with Crippen molar-refractivity contribution in [1.29, 1.82) is 0 Å². The topological polar surface area (TPSA) is 114 Å². The maximum absolute atomic E-state index is 12.7. The number of anilines is 1. The summed E-state index contributed by atoms with van der Waals surface area (Å²) in [6, 6.07) is 13.3. The van der Waals surface area contributed by atoms with E-state index in [1.807, 2.05) is 26.0 Å². The van der Waals surface area contributed by atoms with Crippen LogP contribution in [0.1, 0.15) is 43.1 Å². The van der Waals surface area contributed by atoms with Gasteiger partial charge in [-0.1, -0.05) is 18.2 Å². The normalized spacial score (nSPS) is 15.2. The first-order valence-corrected chi connectivity index (χ1v) is 11.2. The molecule has 0 spiro atoms. The van der Waals surface area contributed by atoms with Crippen molar-refractivity contribution in [3.8, 4) is 5.75 Å². The highest BCUT2D eigenvalue weighted by molar-refractivity contribution is 6.04. The van der Waals surface area contributed by atoms with Crippen molar-refractivity contribution in [3.63, 3.8) is 0 Å². The average Bonchev–Trinajstić information content (AvgIpc) is 3.21. The van der Waals surface area contributed by atoms with Crippen molar-refractivity contribution < 1.29 is 28.7 Å². The van der Waals surface area contributed by atoms with E-state index in [-0.39, 0.29) is 55.0 Å². The summed E-state index contributed by atoms with van der Waals surface area (Å²) in [5.74, 6) is -0.668. The average molecular weight is 468 g/mol. The molecular formula is C25H29N3O6. The number of nitrogens with one attached hydrogen (secondary N) is 2. The lowest BCUT2D eigenvalue weighted by atomic mass is 10.1. The molecule has 0 bridgehead atoms. The fourth-order valence-corrected chi connectivity index (χ4v) is 3.64. The predicted octanol–water partition coefficient (Wildman–Crippen LogP) is 3.35. The lowest BCUT2D eigenvalue weighted by Crippen LogP contribution is -2.35. The largest absolute Gasteiger partial charge is 0.513 e. The SMILES string of the molecule is CCOC(=O)Oc1ccc(C(=O)Nc2ccccc2CNC(=O)C2CC(=O)N(C(C)C)C2)cc1. The van der Waals surface area contributed by atoms with E-state index in [9.17, 15) is 19.2 Å². The number of hydrogen-bond donors (Lipinski definition) is 2. The fraction of sp³-hybridized carbons (Fsp3) is 0.360. The minimum Gasteiger partial charge on any atom is -0.434 e. The second-order valence-corrected chi connectivity index (χ2v) is 8.18. The van der Waals surface area contributed by atoms with Crippen LogP contribution in [0.3, 0.4) is 0 Å². The van der Waals surface area contributed by atoms with Gasteiger partial charge in [-0.15, -0.1) is 0 Å². The number of ether oxygens (including phenoxy) is 2. The van der Waals surface area contributed by atoms with E-state index in [4.69, 9.17) is 9.47 Å². The third-order valence-corrected chi connectivity index (χ3v) is 5.45. The van der Waals surface area contributed by atoms with Gasteiger partial charge in [0.2, 0.25) is 11.8 Å². The van der Waals surface area contributed by atoms with Crippen LogP contribution in [0.2, 0.25) is 0 Å². The smallest absolute Gasteiger partial charge is 0.434 e. The van der Waals surface area contributed by atoms with Crippen molar-refractivity contribution in [2.24, 2.45) is 5.92 Å². The number of para-hydroxylation sites is 1. The van der Waals surface area contributed by atoms with Gasteiger partial charge < -0.3 is 25.0 Å². The molecule has 34 heavy (non-hydrogen) atoms. The van der Waals surface area contributed by atoms with Crippen molar-refractivity contribution in [2.45, 2.75) is 39.8 Å². The summed E-state index contributed by atoms with van der Waals surface area (Å²) in [5, 5.41) is 5.73. The van der Waals surface area contributed by atoms with Crippen LogP contribution in [-0.2, 0) is 20.9 Å². The highest BCUT2D eigenvalue weighted by Gasteiger charge is 2.35. The van der Waals surface area contributed by atoms with Gasteiger partial charge in [0.05, 0.1) is 12.5 Å². The molecule has 1 aliphatic rings. The molecule has 2 N–H and O–H groups in total. The van der Waals surface area contributed by atoms with Gasteiger partial charge in [-0.25, -0.2) is 4.79 Å². The first-order valence-electron chi connectivity index (χ1n) is 11.2. The number of benzene rings is 2. The van der Waals surface area contributed by atoms with Crippen LogP contribution in [0.4, 0.5) is 10.5 Å². The Bertz CT molecular complexity index is 1050. The standard InChI is InChI=1S/C25H29N3O6/c1-4-33-25(32)34-20-11-9-17(10-12-20)24(31)27-21-8-6-5-7-18(21)14-26-23(30)19-13-22(29)28(15-19)16(2)3/h5-12,16,19H,4,13-15H2,1-3H3,(H,26,30)(H,27,31). The molecule has 9 heteroatoms. The second kappa shape index (κ2) is 11.3. The summed E-state index contributed by atoms with van der Waals surface area (Å²) in [4.78, 5) is 50.5. The van der Waals surface area contributed by atoms with Crippen LogP contribution >= 0.6 is 0 Å². The van der Waals surface area contributed by atoms with E-state index in [0.717, 1.165) is 5.56 Å². The van der Waals surface area contributed by atoms with Crippen LogP contribution in [0.5, 0.6) is 5.75 Å². The molecule has 1 aliphatic heterocycles. The lowest BCUT2D eigenvalue weighted by molar-refractivity contribution is -0.130. The van der Waals surface area contributed by atoms with Gasteiger partial charge in [0, 0.05) is 36.8 Å². The molecule has 2 aromatic carbocycles. The molecule has 3 amide bonds. The highest BCUT2D eigenvalue weighted by Crippen LogP contribution is 2.22. The molecule has 2 aromatic rings. The van der Waals surface area contributed by atoms with Gasteiger partial charge in [0.1, 0.15) is 5.75 Å². The molecule has 9 nitrogen and oxygen atoms in total. The Morgan fingerprint density at radius 1 is 1.09 bits per heavy atom. The zero-order valence-corrected chi connectivity index (χ0v) is 19.5. The maximum atomic E-state index is 12.7. The van der Waals surface area contributed by atoms with Gasteiger partial charge in [-0.3, -0.25) is 14.4 Å². The Balaban J connectivity index is 1.59. The molecule has 0 aliphatic carbocycles. The number of carbonyl (C=O) groups excluding carboxylic acids is 4. The molecule has 1 heterocycles. The Morgan fingerprint density at radius 3 is 2.44 bits per heavy atom. The Labute approximate surface area is 198 Å². The van der Waals surface area contributed by atoms with Gasteiger partial charge in [0.25, 0.3) is 5.91 Å². The highest BCUT2D eigenvalue weighted by atomic mass is 16.7. The molecule has 1 fully saturated rings. The molecule has 0 saturated carbocycles. The van der Waals surface area contributed by atoms with Gasteiger partial charge in [0.15, 0.2) is 0 Å². The Hall–Kier alpha value is -3.88. The summed E-state index contributed by atoms with van der Waals surface area (Å²) in [6.45, 7) is 6.36. The summed E-state index contributed by atoms with van der Waals surface area (Å²) in [7, 11) is 0. The number of amides is 3. The first-order chi connectivity index (χ1) is 16.3. The fourth-order valence-electron chi connectivity index (χ4n) is 3.64. The van der Waals surface area contributed by atoms with Crippen molar-refractivity contribution in [3.05, 3.63) is 59.7 Å². The lowest BCUT2D eigenvalue weighted by Gasteiger charge is -2.20. The van der Waals surface area contributed by atoms with Crippen LogP contribution in [0.15, 0.2) is 48.5 Å². The van der Waals surface area contributed by atoms with Gasteiger partial charge >= 0.3 is 6.16 Å². The molecule has 1 atom stereocenters. The zero-order valence-electron chi connectivity index (χ0n) is 19.5. The molecule has 180 valence electrons. The third-order valence-electron chi connectivity index (χ3n) is 5.45. The van der Waals surface area contributed by atoms with E-state index < -0.39 is 6.16 Å². The van der Waals surface area contributed by atoms with E-state index in [0.29, 0.717) is 17.8 Å². The minimum atomic E-state index is -0.811. The summed E-state index contributed by atoms with van der Waals surface area (Å²) < 4.78 is 9.71. The third kappa shape index (κ3) is 6.34. The van der Waals surface area contributed by atoms with E-state index in [1.165, 1.54) is 24.3 Å².